The molecule has 0 saturated heterocycles. The van der Waals surface area contributed by atoms with Gasteiger partial charge in [0, 0.05) is 6.42 Å². The van der Waals surface area contributed by atoms with Gasteiger partial charge >= 0.3 is 0 Å². The van der Waals surface area contributed by atoms with Gasteiger partial charge in [-0.1, -0.05) is 52.4 Å². The van der Waals surface area contributed by atoms with E-state index < -0.39 is 0 Å². The standard InChI is InChI=1S/C14H29NO2/c1-3-5-7-9-10-13(12-16)15-14(17)11-8-6-4-2/h13,16H,3-12H2,1-2H3,(H,15,17). The van der Waals surface area contributed by atoms with E-state index in [1.165, 1.54) is 19.3 Å². The molecule has 0 aromatic rings. The number of unbranched alkanes of at least 4 members (excludes halogenated alkanes) is 5. The van der Waals surface area contributed by atoms with E-state index in [0.717, 1.165) is 32.1 Å². The average Bonchev–Trinajstić information content (AvgIpc) is 2.33. The number of carbonyl (C=O) groups excluding carboxylic acids is 1. The van der Waals surface area contributed by atoms with Gasteiger partial charge in [-0.25, -0.2) is 0 Å². The highest BCUT2D eigenvalue weighted by atomic mass is 16.3. The van der Waals surface area contributed by atoms with E-state index in [1.54, 1.807) is 0 Å². The van der Waals surface area contributed by atoms with Crippen LogP contribution in [-0.2, 0) is 4.79 Å². The zero-order valence-electron chi connectivity index (χ0n) is 11.5. The topological polar surface area (TPSA) is 49.3 Å². The van der Waals surface area contributed by atoms with Gasteiger partial charge in [0.2, 0.25) is 5.91 Å². The van der Waals surface area contributed by atoms with Crippen LogP contribution in [0.3, 0.4) is 0 Å². The lowest BCUT2D eigenvalue weighted by Gasteiger charge is -2.16. The molecule has 0 saturated carbocycles. The molecule has 0 spiro atoms. The number of aliphatic hydroxyl groups excluding tert-OH is 1. The molecule has 1 unspecified atom stereocenters. The summed E-state index contributed by atoms with van der Waals surface area (Å²) < 4.78 is 0. The van der Waals surface area contributed by atoms with Crippen LogP contribution in [0.25, 0.3) is 0 Å². The lowest BCUT2D eigenvalue weighted by atomic mass is 10.1. The van der Waals surface area contributed by atoms with Crippen molar-refractivity contribution < 1.29 is 9.90 Å². The average molecular weight is 243 g/mol. The van der Waals surface area contributed by atoms with E-state index in [4.69, 9.17) is 0 Å². The van der Waals surface area contributed by atoms with Crippen molar-refractivity contribution in [3.63, 3.8) is 0 Å². The summed E-state index contributed by atoms with van der Waals surface area (Å²) in [7, 11) is 0. The summed E-state index contributed by atoms with van der Waals surface area (Å²) in [6.45, 7) is 4.37. The minimum atomic E-state index is -0.0408. The van der Waals surface area contributed by atoms with Crippen LogP contribution < -0.4 is 5.32 Å². The van der Waals surface area contributed by atoms with Crippen LogP contribution in [-0.4, -0.2) is 23.7 Å². The Morgan fingerprint density at radius 2 is 1.71 bits per heavy atom. The normalized spacial score (nSPS) is 12.4. The molecule has 0 aliphatic heterocycles. The summed E-state index contributed by atoms with van der Waals surface area (Å²) in [5.41, 5.74) is 0. The van der Waals surface area contributed by atoms with E-state index in [2.05, 4.69) is 19.2 Å². The largest absolute Gasteiger partial charge is 0.394 e. The summed E-state index contributed by atoms with van der Waals surface area (Å²) >= 11 is 0. The third-order valence-electron chi connectivity index (χ3n) is 3.00. The molecule has 0 fully saturated rings. The Labute approximate surface area is 106 Å². The van der Waals surface area contributed by atoms with Crippen molar-refractivity contribution in [2.24, 2.45) is 0 Å². The zero-order chi connectivity index (χ0) is 12.9. The van der Waals surface area contributed by atoms with E-state index in [-0.39, 0.29) is 18.6 Å². The van der Waals surface area contributed by atoms with Gasteiger partial charge in [0.05, 0.1) is 12.6 Å². The summed E-state index contributed by atoms with van der Waals surface area (Å²) in [5, 5.41) is 12.1. The van der Waals surface area contributed by atoms with Crippen molar-refractivity contribution in [1.29, 1.82) is 0 Å². The Morgan fingerprint density at radius 3 is 2.29 bits per heavy atom. The summed E-state index contributed by atoms with van der Waals surface area (Å²) in [6.07, 6.45) is 9.43. The molecule has 0 heterocycles. The number of hydrogen-bond acceptors (Lipinski definition) is 2. The number of aliphatic hydroxyl groups is 1. The highest BCUT2D eigenvalue weighted by molar-refractivity contribution is 5.76. The van der Waals surface area contributed by atoms with Crippen LogP contribution in [0.4, 0.5) is 0 Å². The Bertz CT molecular complexity index is 183. The second kappa shape index (κ2) is 11.9. The van der Waals surface area contributed by atoms with Crippen LogP contribution in [0, 0.1) is 0 Å². The van der Waals surface area contributed by atoms with Crippen LogP contribution in [0.15, 0.2) is 0 Å². The number of amides is 1. The molecule has 102 valence electrons. The maximum absolute atomic E-state index is 11.6. The smallest absolute Gasteiger partial charge is 0.220 e. The molecule has 1 amide bonds. The van der Waals surface area contributed by atoms with Gasteiger partial charge < -0.3 is 10.4 Å². The Kier molecular flexibility index (Phi) is 11.5. The molecule has 0 bridgehead atoms. The van der Waals surface area contributed by atoms with Crippen molar-refractivity contribution in [2.75, 3.05) is 6.61 Å². The van der Waals surface area contributed by atoms with Crippen LogP contribution in [0.1, 0.15) is 71.6 Å². The monoisotopic (exact) mass is 243 g/mol. The first kappa shape index (κ1) is 16.4. The fraction of sp³-hybridized carbons (Fsp3) is 0.929. The molecule has 0 aliphatic rings. The predicted molar refractivity (Wildman–Crippen MR) is 71.9 cm³/mol. The van der Waals surface area contributed by atoms with Crippen molar-refractivity contribution in [3.05, 3.63) is 0 Å². The molecule has 0 aromatic carbocycles. The second-order valence-corrected chi connectivity index (χ2v) is 4.75. The highest BCUT2D eigenvalue weighted by Crippen LogP contribution is 2.06. The molecule has 0 radical (unpaired) electrons. The lowest BCUT2D eigenvalue weighted by Crippen LogP contribution is -2.37. The van der Waals surface area contributed by atoms with Gasteiger partial charge in [0.15, 0.2) is 0 Å². The maximum Gasteiger partial charge on any atom is 0.220 e. The van der Waals surface area contributed by atoms with E-state index in [1.807, 2.05) is 0 Å². The number of nitrogens with one attached hydrogen (secondary N) is 1. The molecule has 1 atom stereocenters. The molecule has 0 rings (SSSR count). The molecular weight excluding hydrogens is 214 g/mol. The Morgan fingerprint density at radius 1 is 1.06 bits per heavy atom. The molecule has 0 aromatic heterocycles. The van der Waals surface area contributed by atoms with Crippen LogP contribution in [0.2, 0.25) is 0 Å². The molecule has 3 heteroatoms. The molecule has 0 aliphatic carbocycles. The second-order valence-electron chi connectivity index (χ2n) is 4.75. The first-order valence-corrected chi connectivity index (χ1v) is 7.14. The summed E-state index contributed by atoms with van der Waals surface area (Å²) in [5.74, 6) is 0.0907. The van der Waals surface area contributed by atoms with E-state index >= 15 is 0 Å². The van der Waals surface area contributed by atoms with Crippen molar-refractivity contribution in [2.45, 2.75) is 77.7 Å². The minimum Gasteiger partial charge on any atom is -0.394 e. The maximum atomic E-state index is 11.6. The van der Waals surface area contributed by atoms with Gasteiger partial charge in [-0.05, 0) is 12.8 Å². The summed E-state index contributed by atoms with van der Waals surface area (Å²) in [6, 6.07) is -0.0408. The summed E-state index contributed by atoms with van der Waals surface area (Å²) in [4.78, 5) is 11.6. The molecular formula is C14H29NO2. The SMILES string of the molecule is CCCCCCC(CO)NC(=O)CCCCC. The van der Waals surface area contributed by atoms with Gasteiger partial charge in [-0.15, -0.1) is 0 Å². The quantitative estimate of drug-likeness (QED) is 0.548. The van der Waals surface area contributed by atoms with Gasteiger partial charge in [0.1, 0.15) is 0 Å². The first-order chi connectivity index (χ1) is 8.24. The molecule has 17 heavy (non-hydrogen) atoms. The Balaban J connectivity index is 3.60. The third kappa shape index (κ3) is 10.3. The van der Waals surface area contributed by atoms with Gasteiger partial charge in [0.25, 0.3) is 0 Å². The molecule has 2 N–H and O–H groups in total. The predicted octanol–water partition coefficient (Wildman–Crippen LogP) is 3.01. The fourth-order valence-electron chi connectivity index (χ4n) is 1.86. The fourth-order valence-corrected chi connectivity index (χ4v) is 1.86. The first-order valence-electron chi connectivity index (χ1n) is 7.14. The van der Waals surface area contributed by atoms with Crippen molar-refractivity contribution in [3.8, 4) is 0 Å². The number of rotatable bonds is 11. The zero-order valence-corrected chi connectivity index (χ0v) is 11.5. The van der Waals surface area contributed by atoms with E-state index in [9.17, 15) is 9.90 Å². The highest BCUT2D eigenvalue weighted by Gasteiger charge is 2.10. The molecule has 3 nitrogen and oxygen atoms in total. The minimum absolute atomic E-state index is 0.0408. The lowest BCUT2D eigenvalue weighted by molar-refractivity contribution is -0.122. The van der Waals surface area contributed by atoms with Gasteiger partial charge in [-0.3, -0.25) is 4.79 Å². The Hall–Kier alpha value is -0.570. The van der Waals surface area contributed by atoms with Gasteiger partial charge in [-0.2, -0.15) is 0 Å². The third-order valence-corrected chi connectivity index (χ3v) is 3.00. The number of carbonyl (C=O) groups is 1. The van der Waals surface area contributed by atoms with Crippen molar-refractivity contribution >= 4 is 5.91 Å². The van der Waals surface area contributed by atoms with E-state index in [0.29, 0.717) is 6.42 Å². The van der Waals surface area contributed by atoms with Crippen LogP contribution in [0.5, 0.6) is 0 Å². The number of hydrogen-bond donors (Lipinski definition) is 2. The van der Waals surface area contributed by atoms with Crippen LogP contribution >= 0.6 is 0 Å². The van der Waals surface area contributed by atoms with Crippen molar-refractivity contribution in [1.82, 2.24) is 5.32 Å².